The van der Waals surface area contributed by atoms with Crippen LogP contribution in [0.2, 0.25) is 0 Å². The number of nitrogens with zero attached hydrogens (tertiary/aromatic N) is 1. The summed E-state index contributed by atoms with van der Waals surface area (Å²) in [5.74, 6) is -3.80. The van der Waals surface area contributed by atoms with Crippen molar-refractivity contribution >= 4 is 16.0 Å². The lowest BCUT2D eigenvalue weighted by atomic mass is 9.98. The molecule has 1 aliphatic rings. The maximum atomic E-state index is 13.9. The highest BCUT2D eigenvalue weighted by Gasteiger charge is 2.60. The molecule has 0 aromatic heterocycles. The van der Waals surface area contributed by atoms with E-state index in [0.29, 0.717) is 5.56 Å². The Morgan fingerprint density at radius 3 is 2.17 bits per heavy atom. The van der Waals surface area contributed by atoms with Gasteiger partial charge in [0.15, 0.2) is 6.10 Å². The largest absolute Gasteiger partial charge is 0.425 e. The van der Waals surface area contributed by atoms with E-state index in [9.17, 15) is 13.2 Å². The van der Waals surface area contributed by atoms with Crippen LogP contribution in [0.4, 0.5) is 0 Å². The molecule has 4 atom stereocenters. The number of hydrogen-bond acceptors (Lipinski definition) is 7. The summed E-state index contributed by atoms with van der Waals surface area (Å²) in [6.45, 7) is 12.8. The van der Waals surface area contributed by atoms with Crippen LogP contribution in [0.15, 0.2) is 72.1 Å². The van der Waals surface area contributed by atoms with Gasteiger partial charge >= 0.3 is 5.97 Å². The Hall–Kier alpha value is -2.56. The Morgan fingerprint density at radius 1 is 1.03 bits per heavy atom. The molecule has 0 bridgehead atoms. The first-order valence-electron chi connectivity index (χ1n) is 12.0. The van der Waals surface area contributed by atoms with Crippen molar-refractivity contribution in [3.05, 3.63) is 78.4 Å². The van der Waals surface area contributed by atoms with E-state index in [-0.39, 0.29) is 24.7 Å². The molecule has 1 aliphatic heterocycles. The molecule has 0 unspecified atom stereocenters. The minimum absolute atomic E-state index is 0.0724. The van der Waals surface area contributed by atoms with Crippen LogP contribution >= 0.6 is 0 Å². The fourth-order valence-corrected chi connectivity index (χ4v) is 5.87. The van der Waals surface area contributed by atoms with Gasteiger partial charge in [-0.1, -0.05) is 54.1 Å². The average Bonchev–Trinajstić information content (AvgIpc) is 2.83. The van der Waals surface area contributed by atoms with Gasteiger partial charge in [0.2, 0.25) is 15.8 Å². The minimum atomic E-state index is -4.09. The lowest BCUT2D eigenvalue weighted by Crippen LogP contribution is -2.66. The van der Waals surface area contributed by atoms with E-state index in [0.717, 1.165) is 5.56 Å². The van der Waals surface area contributed by atoms with Crippen molar-refractivity contribution in [1.82, 2.24) is 4.31 Å². The predicted octanol–water partition coefficient (Wildman–Crippen LogP) is 4.36. The molecule has 0 spiro atoms. The zero-order valence-electron chi connectivity index (χ0n) is 21.5. The maximum Gasteiger partial charge on any atom is 0.340 e. The summed E-state index contributed by atoms with van der Waals surface area (Å²) in [5.41, 5.74) is 1.47. The Bertz CT molecular complexity index is 1150. The molecular weight excluding hydrogens is 482 g/mol. The second-order valence-corrected chi connectivity index (χ2v) is 10.6. The highest BCUT2D eigenvalue weighted by Crippen LogP contribution is 2.43. The van der Waals surface area contributed by atoms with Gasteiger partial charge in [0, 0.05) is 26.7 Å². The van der Waals surface area contributed by atoms with Gasteiger partial charge in [-0.3, -0.25) is 0 Å². The molecule has 36 heavy (non-hydrogen) atoms. The number of esters is 1. The van der Waals surface area contributed by atoms with E-state index in [2.05, 4.69) is 6.58 Å². The van der Waals surface area contributed by atoms with E-state index in [1.54, 1.807) is 76.2 Å². The van der Waals surface area contributed by atoms with Crippen molar-refractivity contribution in [2.24, 2.45) is 0 Å². The third kappa shape index (κ3) is 5.40. The van der Waals surface area contributed by atoms with Gasteiger partial charge in [-0.2, -0.15) is 4.31 Å². The lowest BCUT2D eigenvalue weighted by molar-refractivity contribution is -0.417. The van der Waals surface area contributed by atoms with Gasteiger partial charge < -0.3 is 18.9 Å². The van der Waals surface area contributed by atoms with Crippen LogP contribution in [0.5, 0.6) is 0 Å². The molecule has 0 N–H and O–H groups in total. The fourth-order valence-electron chi connectivity index (χ4n) is 4.29. The van der Waals surface area contributed by atoms with E-state index in [1.165, 1.54) is 10.4 Å². The summed E-state index contributed by atoms with van der Waals surface area (Å²) < 4.78 is 52.9. The molecule has 0 saturated carbocycles. The number of aryl methyl sites for hydroxylation is 1. The monoisotopic (exact) mass is 517 g/mol. The highest BCUT2D eigenvalue weighted by atomic mass is 32.2. The number of carbonyl (C=O) groups excluding carboxylic acids is 1. The third-order valence-corrected chi connectivity index (χ3v) is 8.08. The quantitative estimate of drug-likeness (QED) is 0.323. The van der Waals surface area contributed by atoms with Crippen molar-refractivity contribution in [2.75, 3.05) is 19.8 Å². The van der Waals surface area contributed by atoms with Gasteiger partial charge in [0.05, 0.1) is 10.9 Å². The molecule has 0 radical (unpaired) electrons. The predicted molar refractivity (Wildman–Crippen MR) is 135 cm³/mol. The molecule has 3 rings (SSSR count). The van der Waals surface area contributed by atoms with Crippen LogP contribution in [0, 0.1) is 6.92 Å². The normalized spacial score (nSPS) is 25.4. The summed E-state index contributed by atoms with van der Waals surface area (Å²) in [4.78, 5) is 13.6. The first-order chi connectivity index (χ1) is 17.0. The molecule has 2 aromatic carbocycles. The molecule has 1 heterocycles. The minimum Gasteiger partial charge on any atom is -0.425 e. The third-order valence-electron chi connectivity index (χ3n) is 6.22. The maximum absolute atomic E-state index is 13.9. The molecule has 0 aliphatic carbocycles. The molecule has 8 nitrogen and oxygen atoms in total. The standard InChI is InChI=1S/C27H35NO7S/c1-7-19-28(36(30,31)22-17-15-20(4)16-18-22)23(21-13-11-10-12-14-21)24-25(29)35-27(6,33-9-3)26(5,34-24)32-8-2/h7,10-18,23-24H,1,8-9,19H2,2-6H3/t23-,24-,26+,27+/m1/s1. The SMILES string of the molecule is C=CCN([C@H](c1ccccc1)[C@H]1O[C@](C)(OCC)[C@@](C)(OCC)OC1=O)S(=O)(=O)c1ccc(C)cc1. The number of carbonyl (C=O) groups is 1. The molecule has 2 aromatic rings. The Labute approximate surface area is 213 Å². The molecule has 9 heteroatoms. The number of sulfonamides is 1. The van der Waals surface area contributed by atoms with Crippen LogP contribution in [-0.2, 0) is 33.8 Å². The summed E-state index contributed by atoms with van der Waals surface area (Å²) in [5, 5.41) is 0. The van der Waals surface area contributed by atoms with Gasteiger partial charge in [0.25, 0.3) is 5.79 Å². The van der Waals surface area contributed by atoms with E-state index in [1.807, 2.05) is 13.0 Å². The van der Waals surface area contributed by atoms with Crippen LogP contribution in [0.25, 0.3) is 0 Å². The van der Waals surface area contributed by atoms with Gasteiger partial charge in [0.1, 0.15) is 0 Å². The lowest BCUT2D eigenvalue weighted by Gasteiger charge is -2.50. The van der Waals surface area contributed by atoms with Crippen molar-refractivity contribution in [1.29, 1.82) is 0 Å². The van der Waals surface area contributed by atoms with Crippen molar-refractivity contribution in [3.8, 4) is 0 Å². The summed E-state index contributed by atoms with van der Waals surface area (Å²) in [6, 6.07) is 14.3. The van der Waals surface area contributed by atoms with E-state index >= 15 is 0 Å². The number of cyclic esters (lactones) is 1. The Morgan fingerprint density at radius 2 is 1.61 bits per heavy atom. The van der Waals surface area contributed by atoms with Crippen LogP contribution in [0.1, 0.15) is 44.9 Å². The van der Waals surface area contributed by atoms with Gasteiger partial charge in [-0.15, -0.1) is 6.58 Å². The summed E-state index contributed by atoms with van der Waals surface area (Å²) >= 11 is 0. The summed E-state index contributed by atoms with van der Waals surface area (Å²) in [7, 11) is -4.09. The molecule has 1 fully saturated rings. The first-order valence-corrected chi connectivity index (χ1v) is 13.4. The van der Waals surface area contributed by atoms with Crippen LogP contribution in [0.3, 0.4) is 0 Å². The van der Waals surface area contributed by atoms with Crippen molar-refractivity contribution in [3.63, 3.8) is 0 Å². The Balaban J connectivity index is 2.17. The van der Waals surface area contributed by atoms with E-state index < -0.39 is 39.7 Å². The Kier molecular flexibility index (Phi) is 8.74. The zero-order valence-corrected chi connectivity index (χ0v) is 22.3. The number of ether oxygens (including phenoxy) is 4. The van der Waals surface area contributed by atoms with E-state index in [4.69, 9.17) is 18.9 Å². The molecule has 1 saturated heterocycles. The second-order valence-electron chi connectivity index (χ2n) is 8.75. The van der Waals surface area contributed by atoms with Crippen LogP contribution in [-0.4, -0.2) is 56.1 Å². The smallest absolute Gasteiger partial charge is 0.340 e. The number of hydrogen-bond donors (Lipinski definition) is 0. The topological polar surface area (TPSA) is 91.4 Å². The zero-order chi connectivity index (χ0) is 26.6. The molecular formula is C27H35NO7S. The summed E-state index contributed by atoms with van der Waals surface area (Å²) in [6.07, 6.45) is 0.125. The number of benzene rings is 2. The van der Waals surface area contributed by atoms with Gasteiger partial charge in [-0.05, 0) is 45.4 Å². The van der Waals surface area contributed by atoms with Crippen molar-refractivity contribution < 1.29 is 32.2 Å². The first kappa shape index (κ1) is 28.0. The molecule has 196 valence electrons. The fraction of sp³-hybridized carbons (Fsp3) is 0.444. The molecule has 0 amide bonds. The number of rotatable bonds is 11. The average molecular weight is 518 g/mol. The van der Waals surface area contributed by atoms with Crippen molar-refractivity contribution in [2.45, 2.75) is 63.2 Å². The second kappa shape index (κ2) is 11.2. The highest BCUT2D eigenvalue weighted by molar-refractivity contribution is 7.89. The van der Waals surface area contributed by atoms with Crippen LogP contribution < -0.4 is 0 Å². The van der Waals surface area contributed by atoms with Gasteiger partial charge in [-0.25, -0.2) is 13.2 Å².